The molecule has 0 aromatic heterocycles. The lowest BCUT2D eigenvalue weighted by atomic mass is 9.92. The molecule has 2 atom stereocenters. The van der Waals surface area contributed by atoms with Crippen LogP contribution in [-0.2, 0) is 16.4 Å². The van der Waals surface area contributed by atoms with E-state index in [1.54, 1.807) is 0 Å². The van der Waals surface area contributed by atoms with E-state index in [0.717, 1.165) is 12.8 Å². The highest BCUT2D eigenvalue weighted by atomic mass is 32.2. The molecule has 1 saturated heterocycles. The van der Waals surface area contributed by atoms with E-state index in [1.807, 2.05) is 0 Å². The van der Waals surface area contributed by atoms with Gasteiger partial charge in [0.05, 0.1) is 5.25 Å². The zero-order chi connectivity index (χ0) is 14.0. The summed E-state index contributed by atoms with van der Waals surface area (Å²) in [5.74, 6) is 0. The van der Waals surface area contributed by atoms with Crippen LogP contribution in [0.5, 0.6) is 0 Å². The number of aryl methyl sites for hydroxylation is 2. The first-order valence-electron chi connectivity index (χ1n) is 6.68. The summed E-state index contributed by atoms with van der Waals surface area (Å²) in [6.07, 6.45) is 2.46. The molecule has 1 aromatic carbocycles. The Hall–Kier alpha value is -0.910. The van der Waals surface area contributed by atoms with E-state index in [9.17, 15) is 8.42 Å². The van der Waals surface area contributed by atoms with Crippen LogP contribution >= 0.6 is 0 Å². The number of piperidine rings is 1. The van der Waals surface area contributed by atoms with Gasteiger partial charge in [0, 0.05) is 12.6 Å². The molecule has 1 fully saturated rings. The largest absolute Gasteiger partial charge is 0.312 e. The third-order valence-corrected chi connectivity index (χ3v) is 5.36. The fraction of sp³-hybridized carbons (Fsp3) is 0.571. The number of primary sulfonamides is 1. The molecular formula is C14H22N2O2S. The Morgan fingerprint density at radius 3 is 2.37 bits per heavy atom. The normalized spacial score (nSPS) is 24.4. The Bertz CT molecular complexity index is 526. The van der Waals surface area contributed by atoms with Crippen LogP contribution in [0, 0.1) is 13.8 Å². The summed E-state index contributed by atoms with van der Waals surface area (Å²) in [7, 11) is -3.40. The lowest BCUT2D eigenvalue weighted by molar-refractivity contribution is 0.395. The Balaban J connectivity index is 2.00. The van der Waals surface area contributed by atoms with Crippen molar-refractivity contribution in [2.45, 2.75) is 44.4 Å². The fourth-order valence-corrected chi connectivity index (χ4v) is 3.55. The van der Waals surface area contributed by atoms with Gasteiger partial charge in [-0.3, -0.25) is 0 Å². The van der Waals surface area contributed by atoms with Gasteiger partial charge in [-0.2, -0.15) is 0 Å². The Morgan fingerprint density at radius 2 is 1.89 bits per heavy atom. The van der Waals surface area contributed by atoms with Crippen molar-refractivity contribution in [3.63, 3.8) is 0 Å². The number of hydrogen-bond donors (Lipinski definition) is 2. The predicted octanol–water partition coefficient (Wildman–Crippen LogP) is 1.26. The van der Waals surface area contributed by atoms with Crippen molar-refractivity contribution in [2.75, 3.05) is 6.54 Å². The molecule has 4 nitrogen and oxygen atoms in total. The highest BCUT2D eigenvalue weighted by molar-refractivity contribution is 7.89. The molecule has 5 heteroatoms. The lowest BCUT2D eigenvalue weighted by Gasteiger charge is -2.29. The number of sulfonamides is 1. The first-order chi connectivity index (χ1) is 8.88. The van der Waals surface area contributed by atoms with Crippen LogP contribution in [0.15, 0.2) is 18.2 Å². The van der Waals surface area contributed by atoms with Gasteiger partial charge in [0.2, 0.25) is 10.0 Å². The predicted molar refractivity (Wildman–Crippen MR) is 77.5 cm³/mol. The van der Waals surface area contributed by atoms with Gasteiger partial charge in [0.1, 0.15) is 0 Å². The molecule has 19 heavy (non-hydrogen) atoms. The van der Waals surface area contributed by atoms with Gasteiger partial charge in [0.15, 0.2) is 0 Å². The molecule has 0 radical (unpaired) electrons. The summed E-state index contributed by atoms with van der Waals surface area (Å²) in [6, 6.07) is 6.66. The van der Waals surface area contributed by atoms with Crippen molar-refractivity contribution in [1.82, 2.24) is 5.32 Å². The summed E-state index contributed by atoms with van der Waals surface area (Å²) < 4.78 is 22.6. The number of rotatable bonds is 3. The first-order valence-corrected chi connectivity index (χ1v) is 8.29. The van der Waals surface area contributed by atoms with Crippen molar-refractivity contribution in [3.05, 3.63) is 34.9 Å². The molecule has 1 aromatic rings. The maximum Gasteiger partial charge on any atom is 0.213 e. The third kappa shape index (κ3) is 3.55. The van der Waals surface area contributed by atoms with Crippen LogP contribution in [0.3, 0.4) is 0 Å². The van der Waals surface area contributed by atoms with E-state index in [-0.39, 0.29) is 0 Å². The molecule has 1 aliphatic rings. The maximum atomic E-state index is 11.3. The van der Waals surface area contributed by atoms with Crippen molar-refractivity contribution in [1.29, 1.82) is 0 Å². The fourth-order valence-electron chi connectivity index (χ4n) is 2.76. The minimum Gasteiger partial charge on any atom is -0.312 e. The highest BCUT2D eigenvalue weighted by Crippen LogP contribution is 2.20. The van der Waals surface area contributed by atoms with Crippen LogP contribution in [0.2, 0.25) is 0 Å². The van der Waals surface area contributed by atoms with Crippen molar-refractivity contribution in [2.24, 2.45) is 5.14 Å². The summed E-state index contributed by atoms with van der Waals surface area (Å²) in [5, 5.41) is 8.08. The van der Waals surface area contributed by atoms with Gasteiger partial charge in [0.25, 0.3) is 0 Å². The molecule has 1 aliphatic heterocycles. The third-order valence-electron chi connectivity index (χ3n) is 4.03. The summed E-state index contributed by atoms with van der Waals surface area (Å²) in [6.45, 7) is 4.71. The second-order valence-electron chi connectivity index (χ2n) is 5.47. The second-order valence-corrected chi connectivity index (χ2v) is 7.31. The molecule has 106 valence electrons. The Morgan fingerprint density at radius 1 is 1.26 bits per heavy atom. The van der Waals surface area contributed by atoms with E-state index in [4.69, 9.17) is 5.14 Å². The smallest absolute Gasteiger partial charge is 0.213 e. The summed E-state index contributed by atoms with van der Waals surface area (Å²) >= 11 is 0. The van der Waals surface area contributed by atoms with E-state index in [2.05, 4.69) is 37.4 Å². The van der Waals surface area contributed by atoms with Gasteiger partial charge >= 0.3 is 0 Å². The molecule has 2 rings (SSSR count). The van der Waals surface area contributed by atoms with Crippen molar-refractivity contribution < 1.29 is 8.42 Å². The van der Waals surface area contributed by atoms with Gasteiger partial charge < -0.3 is 5.32 Å². The minimum absolute atomic E-state index is 0.345. The molecular weight excluding hydrogens is 260 g/mol. The quantitative estimate of drug-likeness (QED) is 0.876. The van der Waals surface area contributed by atoms with Gasteiger partial charge in [-0.05, 0) is 49.8 Å². The van der Waals surface area contributed by atoms with E-state index < -0.39 is 15.3 Å². The maximum absolute atomic E-state index is 11.3. The molecule has 0 saturated carbocycles. The topological polar surface area (TPSA) is 72.2 Å². The second kappa shape index (κ2) is 5.61. The molecule has 2 unspecified atom stereocenters. The lowest BCUT2D eigenvalue weighted by Crippen LogP contribution is -2.47. The van der Waals surface area contributed by atoms with E-state index >= 15 is 0 Å². The number of hydrogen-bond acceptors (Lipinski definition) is 3. The zero-order valence-corrected chi connectivity index (χ0v) is 12.3. The molecule has 1 heterocycles. The molecule has 3 N–H and O–H groups in total. The first kappa shape index (κ1) is 14.5. The monoisotopic (exact) mass is 282 g/mol. The van der Waals surface area contributed by atoms with E-state index in [1.165, 1.54) is 16.7 Å². The van der Waals surface area contributed by atoms with Crippen molar-refractivity contribution in [3.8, 4) is 0 Å². The Kier molecular flexibility index (Phi) is 4.28. The van der Waals surface area contributed by atoms with Crippen LogP contribution in [0.1, 0.15) is 29.5 Å². The average molecular weight is 282 g/mol. The molecule has 0 amide bonds. The molecule has 0 bridgehead atoms. The standard InChI is InChI=1S/C14H22N2O2S/c1-10-4-3-5-11(2)14(10)8-12-6-7-13(9-16-12)19(15,17)18/h3-5,12-13,16H,6-9H2,1-2H3,(H2,15,17,18). The van der Waals surface area contributed by atoms with Gasteiger partial charge in [-0.25, -0.2) is 13.6 Å². The summed E-state index contributed by atoms with van der Waals surface area (Å²) in [4.78, 5) is 0. The Labute approximate surface area is 115 Å². The molecule has 0 aliphatic carbocycles. The van der Waals surface area contributed by atoms with Crippen LogP contribution < -0.4 is 10.5 Å². The van der Waals surface area contributed by atoms with Crippen LogP contribution in [0.4, 0.5) is 0 Å². The number of nitrogens with two attached hydrogens (primary N) is 1. The summed E-state index contributed by atoms with van der Waals surface area (Å²) in [5.41, 5.74) is 3.97. The van der Waals surface area contributed by atoms with Gasteiger partial charge in [-0.1, -0.05) is 18.2 Å². The zero-order valence-electron chi connectivity index (χ0n) is 11.5. The number of benzene rings is 1. The van der Waals surface area contributed by atoms with Gasteiger partial charge in [-0.15, -0.1) is 0 Å². The van der Waals surface area contributed by atoms with Crippen LogP contribution in [0.25, 0.3) is 0 Å². The minimum atomic E-state index is -3.40. The van der Waals surface area contributed by atoms with E-state index in [0.29, 0.717) is 19.0 Å². The average Bonchev–Trinajstić information content (AvgIpc) is 2.33. The van der Waals surface area contributed by atoms with Crippen molar-refractivity contribution >= 4 is 10.0 Å². The number of nitrogens with one attached hydrogen (secondary N) is 1. The molecule has 0 spiro atoms. The van der Waals surface area contributed by atoms with Crippen LogP contribution in [-0.4, -0.2) is 26.3 Å². The highest BCUT2D eigenvalue weighted by Gasteiger charge is 2.28. The SMILES string of the molecule is Cc1cccc(C)c1CC1CCC(S(N)(=O)=O)CN1.